The molecule has 1 aliphatic carbocycles. The molecule has 9 heteroatoms. The molecule has 1 saturated carbocycles. The van der Waals surface area contributed by atoms with Gasteiger partial charge in [-0.2, -0.15) is 0 Å². The summed E-state index contributed by atoms with van der Waals surface area (Å²) in [5, 5.41) is 2.13. The third-order valence-electron chi connectivity index (χ3n) is 5.87. The van der Waals surface area contributed by atoms with Crippen molar-refractivity contribution in [1.29, 1.82) is 0 Å². The molecule has 0 aromatic heterocycles. The van der Waals surface area contributed by atoms with Crippen molar-refractivity contribution in [2.75, 3.05) is 13.7 Å². The second-order valence-corrected chi connectivity index (χ2v) is 10.4. The first-order valence-corrected chi connectivity index (χ1v) is 12.1. The molecular formula is C24H27NO7S. The third kappa shape index (κ3) is 4.78. The summed E-state index contributed by atoms with van der Waals surface area (Å²) in [6.07, 6.45) is 1.34. The van der Waals surface area contributed by atoms with E-state index in [1.54, 1.807) is 50.2 Å². The molecule has 1 N–H and O–H groups in total. The number of esters is 1. The number of imide groups is 1. The number of carbonyl (C=O) groups excluding carboxylic acids is 3. The molecule has 0 radical (unpaired) electrons. The lowest BCUT2D eigenvalue weighted by Crippen LogP contribution is -2.46. The number of ether oxygens (including phenoxy) is 2. The largest absolute Gasteiger partial charge is 0.496 e. The van der Waals surface area contributed by atoms with E-state index in [0.29, 0.717) is 18.4 Å². The van der Waals surface area contributed by atoms with Gasteiger partial charge in [-0.15, -0.1) is 0 Å². The van der Waals surface area contributed by atoms with E-state index in [0.717, 1.165) is 5.56 Å². The van der Waals surface area contributed by atoms with Crippen LogP contribution in [-0.2, 0) is 24.2 Å². The topological polar surface area (TPSA) is 116 Å². The highest BCUT2D eigenvalue weighted by Gasteiger charge is 2.54. The van der Waals surface area contributed by atoms with Crippen LogP contribution >= 0.6 is 0 Å². The average molecular weight is 474 g/mol. The Morgan fingerprint density at radius 1 is 1.03 bits per heavy atom. The Kier molecular flexibility index (Phi) is 7.22. The van der Waals surface area contributed by atoms with Crippen molar-refractivity contribution in [2.24, 2.45) is 0 Å². The molecule has 33 heavy (non-hydrogen) atoms. The minimum absolute atomic E-state index is 0.0946. The van der Waals surface area contributed by atoms with Crippen LogP contribution in [0.3, 0.4) is 0 Å². The number of nitrogens with one attached hydrogen (secondary N) is 1. The summed E-state index contributed by atoms with van der Waals surface area (Å²) in [4.78, 5) is 37.8. The van der Waals surface area contributed by atoms with E-state index < -0.39 is 39.0 Å². The van der Waals surface area contributed by atoms with Gasteiger partial charge in [-0.25, -0.2) is 8.42 Å². The first kappa shape index (κ1) is 24.4. The van der Waals surface area contributed by atoms with Crippen LogP contribution in [0.2, 0.25) is 0 Å². The van der Waals surface area contributed by atoms with Crippen LogP contribution in [0, 0.1) is 13.8 Å². The first-order valence-electron chi connectivity index (χ1n) is 10.6. The summed E-state index contributed by atoms with van der Waals surface area (Å²) >= 11 is 0. The molecule has 2 aromatic rings. The smallest absolute Gasteiger partial charge is 0.328 e. The highest BCUT2D eigenvalue weighted by molar-refractivity contribution is 7.93. The van der Waals surface area contributed by atoms with Crippen LogP contribution in [-0.4, -0.2) is 44.7 Å². The fourth-order valence-corrected chi connectivity index (χ4v) is 6.42. The number of carbonyl (C=O) groups is 3. The molecule has 0 heterocycles. The van der Waals surface area contributed by atoms with Crippen molar-refractivity contribution in [2.45, 2.75) is 49.2 Å². The molecule has 1 fully saturated rings. The fraction of sp³-hybridized carbons (Fsp3) is 0.375. The molecular weight excluding hydrogens is 446 g/mol. The molecule has 0 unspecified atom stereocenters. The maximum atomic E-state index is 13.6. The minimum atomic E-state index is -4.07. The minimum Gasteiger partial charge on any atom is -0.496 e. The van der Waals surface area contributed by atoms with Crippen LogP contribution in [0.15, 0.2) is 47.4 Å². The van der Waals surface area contributed by atoms with Gasteiger partial charge in [0.15, 0.2) is 21.2 Å². The zero-order valence-electron chi connectivity index (χ0n) is 18.8. The van der Waals surface area contributed by atoms with E-state index in [1.807, 2.05) is 0 Å². The number of hydrogen-bond donors (Lipinski definition) is 1. The van der Waals surface area contributed by atoms with Crippen molar-refractivity contribution < 1.29 is 32.3 Å². The fourth-order valence-electron chi connectivity index (χ4n) is 4.06. The van der Waals surface area contributed by atoms with Gasteiger partial charge in [-0.05, 0) is 56.0 Å². The summed E-state index contributed by atoms with van der Waals surface area (Å²) in [6.45, 7) is 2.68. The maximum absolute atomic E-state index is 13.6. The summed E-state index contributed by atoms with van der Waals surface area (Å²) < 4.78 is 35.7. The summed E-state index contributed by atoms with van der Waals surface area (Å²) in [5.41, 5.74) is 1.44. The molecule has 2 aromatic carbocycles. The van der Waals surface area contributed by atoms with Crippen LogP contribution in [0.4, 0.5) is 0 Å². The number of rotatable bonds is 7. The van der Waals surface area contributed by atoms with Crippen LogP contribution in [0.25, 0.3) is 0 Å². The Hall–Kier alpha value is -3.20. The summed E-state index contributed by atoms with van der Waals surface area (Å²) in [7, 11) is -2.67. The Morgan fingerprint density at radius 2 is 1.70 bits per heavy atom. The predicted octanol–water partition coefficient (Wildman–Crippen LogP) is 2.90. The van der Waals surface area contributed by atoms with Crippen molar-refractivity contribution in [3.05, 3.63) is 59.2 Å². The van der Waals surface area contributed by atoms with Gasteiger partial charge < -0.3 is 9.47 Å². The van der Waals surface area contributed by atoms with Crippen LogP contribution in [0.1, 0.15) is 47.2 Å². The lowest BCUT2D eigenvalue weighted by Gasteiger charge is -2.27. The lowest BCUT2D eigenvalue weighted by molar-refractivity contribution is -0.150. The van der Waals surface area contributed by atoms with Gasteiger partial charge in [0.05, 0.1) is 17.6 Å². The van der Waals surface area contributed by atoms with Gasteiger partial charge in [-0.3, -0.25) is 19.7 Å². The Bertz CT molecular complexity index is 1180. The molecule has 1 aliphatic rings. The van der Waals surface area contributed by atoms with Gasteiger partial charge >= 0.3 is 5.97 Å². The molecule has 176 valence electrons. The number of aryl methyl sites for hydroxylation is 2. The quantitative estimate of drug-likeness (QED) is 0.615. The number of amides is 2. The summed E-state index contributed by atoms with van der Waals surface area (Å²) in [5.74, 6) is -2.27. The molecule has 8 nitrogen and oxygen atoms in total. The highest BCUT2D eigenvalue weighted by Crippen LogP contribution is 2.42. The van der Waals surface area contributed by atoms with Crippen molar-refractivity contribution in [1.82, 2.24) is 5.32 Å². The van der Waals surface area contributed by atoms with Gasteiger partial charge in [0, 0.05) is 0 Å². The van der Waals surface area contributed by atoms with E-state index >= 15 is 0 Å². The van der Waals surface area contributed by atoms with Gasteiger partial charge in [0.1, 0.15) is 5.75 Å². The van der Waals surface area contributed by atoms with Crippen molar-refractivity contribution >= 4 is 27.6 Å². The second kappa shape index (κ2) is 9.74. The van der Waals surface area contributed by atoms with Gasteiger partial charge in [-0.1, -0.05) is 37.1 Å². The maximum Gasteiger partial charge on any atom is 0.328 e. The van der Waals surface area contributed by atoms with Gasteiger partial charge in [0.2, 0.25) is 0 Å². The van der Waals surface area contributed by atoms with Crippen molar-refractivity contribution in [3.63, 3.8) is 0 Å². The number of para-hydroxylation sites is 1. The zero-order chi connectivity index (χ0) is 24.2. The van der Waals surface area contributed by atoms with E-state index in [1.165, 1.54) is 13.2 Å². The van der Waals surface area contributed by atoms with Gasteiger partial charge in [0.25, 0.3) is 11.8 Å². The number of sulfone groups is 1. The van der Waals surface area contributed by atoms with Crippen LogP contribution < -0.4 is 10.1 Å². The predicted molar refractivity (Wildman–Crippen MR) is 121 cm³/mol. The molecule has 0 bridgehead atoms. The molecule has 0 atom stereocenters. The average Bonchev–Trinajstić information content (AvgIpc) is 3.31. The zero-order valence-corrected chi connectivity index (χ0v) is 19.7. The normalized spacial score (nSPS) is 15.0. The van der Waals surface area contributed by atoms with E-state index in [-0.39, 0.29) is 29.1 Å². The lowest BCUT2D eigenvalue weighted by atomic mass is 10.1. The second-order valence-electron chi connectivity index (χ2n) is 8.13. The highest BCUT2D eigenvalue weighted by atomic mass is 32.2. The van der Waals surface area contributed by atoms with Crippen LogP contribution in [0.5, 0.6) is 5.75 Å². The van der Waals surface area contributed by atoms with E-state index in [4.69, 9.17) is 9.47 Å². The summed E-state index contributed by atoms with van der Waals surface area (Å²) in [6, 6.07) is 11.4. The van der Waals surface area contributed by atoms with Crippen molar-refractivity contribution in [3.8, 4) is 5.75 Å². The molecule has 0 saturated heterocycles. The number of hydrogen-bond acceptors (Lipinski definition) is 7. The standard InChI is InChI=1S/C24H27NO7S/c1-16-10-11-17(2)20(14-16)33(29,30)24(12-6-7-13-24)23(28)32-15-21(26)25-22(27)18-8-4-5-9-19(18)31-3/h4-5,8-11,14H,6-7,12-13,15H2,1-3H3,(H,25,26,27). The molecule has 2 amide bonds. The molecule has 3 rings (SSSR count). The first-order chi connectivity index (χ1) is 15.6. The SMILES string of the molecule is COc1ccccc1C(=O)NC(=O)COC(=O)C1(S(=O)(=O)c2cc(C)ccc2C)CCCC1. The van der Waals surface area contributed by atoms with E-state index in [2.05, 4.69) is 5.32 Å². The number of methoxy groups -OCH3 is 1. The monoisotopic (exact) mass is 473 g/mol. The Labute approximate surface area is 193 Å². The van der Waals surface area contributed by atoms with E-state index in [9.17, 15) is 22.8 Å². The molecule has 0 aliphatic heterocycles. The third-order valence-corrected chi connectivity index (χ3v) is 8.49. The Morgan fingerprint density at radius 3 is 2.36 bits per heavy atom. The molecule has 0 spiro atoms. The number of benzene rings is 2. The Balaban J connectivity index is 1.75.